The molecular formula is C24H22ClNO4S. The standard InChI is InChI=1S/C24H22ClNO4S/c1-3-29-23(27)15-16-4-13-22(21(25)14-16)30-19-9-7-18(8-10-19)26-24(28)17-5-11-20(31-2)12-6-17/h4-14H,3,15H2,1-2H3,(H,26,28). The average Bonchev–Trinajstić information content (AvgIpc) is 2.77. The first kappa shape index (κ1) is 22.7. The highest BCUT2D eigenvalue weighted by atomic mass is 35.5. The Hall–Kier alpha value is -2.96. The molecule has 0 atom stereocenters. The lowest BCUT2D eigenvalue weighted by Gasteiger charge is -2.10. The maximum atomic E-state index is 12.4. The van der Waals surface area contributed by atoms with Gasteiger partial charge in [-0.2, -0.15) is 0 Å². The molecular weight excluding hydrogens is 434 g/mol. The lowest BCUT2D eigenvalue weighted by atomic mass is 10.1. The Bertz CT molecular complexity index is 1050. The van der Waals surface area contributed by atoms with Crippen molar-refractivity contribution in [2.75, 3.05) is 18.2 Å². The Labute approximate surface area is 190 Å². The van der Waals surface area contributed by atoms with Crippen LogP contribution in [0.4, 0.5) is 5.69 Å². The van der Waals surface area contributed by atoms with E-state index in [0.29, 0.717) is 34.4 Å². The van der Waals surface area contributed by atoms with Gasteiger partial charge in [-0.1, -0.05) is 17.7 Å². The minimum absolute atomic E-state index is 0.155. The van der Waals surface area contributed by atoms with Gasteiger partial charge in [0.1, 0.15) is 11.5 Å². The first-order valence-electron chi connectivity index (χ1n) is 9.66. The van der Waals surface area contributed by atoms with E-state index in [-0.39, 0.29) is 18.3 Å². The van der Waals surface area contributed by atoms with Gasteiger partial charge in [0.25, 0.3) is 5.91 Å². The van der Waals surface area contributed by atoms with Gasteiger partial charge in [0, 0.05) is 16.1 Å². The predicted octanol–water partition coefficient (Wildman–Crippen LogP) is 6.21. The number of nitrogens with one attached hydrogen (secondary N) is 1. The van der Waals surface area contributed by atoms with Crippen molar-refractivity contribution >= 4 is 40.9 Å². The van der Waals surface area contributed by atoms with Crippen LogP contribution in [0.15, 0.2) is 71.6 Å². The van der Waals surface area contributed by atoms with Crippen LogP contribution in [-0.2, 0) is 16.0 Å². The first-order chi connectivity index (χ1) is 15.0. The van der Waals surface area contributed by atoms with Crippen LogP contribution in [-0.4, -0.2) is 24.7 Å². The summed E-state index contributed by atoms with van der Waals surface area (Å²) in [6.45, 7) is 2.11. The van der Waals surface area contributed by atoms with Crippen LogP contribution in [0.5, 0.6) is 11.5 Å². The third-order valence-electron chi connectivity index (χ3n) is 4.34. The zero-order valence-corrected chi connectivity index (χ0v) is 18.8. The van der Waals surface area contributed by atoms with E-state index in [4.69, 9.17) is 21.1 Å². The minimum Gasteiger partial charge on any atom is -0.466 e. The van der Waals surface area contributed by atoms with E-state index in [9.17, 15) is 9.59 Å². The summed E-state index contributed by atoms with van der Waals surface area (Å²) in [5, 5.41) is 3.26. The molecule has 0 heterocycles. The molecule has 1 N–H and O–H groups in total. The maximum absolute atomic E-state index is 12.4. The first-order valence-corrected chi connectivity index (χ1v) is 11.3. The largest absolute Gasteiger partial charge is 0.466 e. The number of hydrogen-bond donors (Lipinski definition) is 1. The SMILES string of the molecule is CCOC(=O)Cc1ccc(Oc2ccc(NC(=O)c3ccc(SC)cc3)cc2)c(Cl)c1. The number of rotatable bonds is 8. The van der Waals surface area contributed by atoms with Crippen molar-refractivity contribution in [3.8, 4) is 11.5 Å². The molecule has 0 fully saturated rings. The van der Waals surface area contributed by atoms with Gasteiger partial charge in [-0.3, -0.25) is 9.59 Å². The van der Waals surface area contributed by atoms with Gasteiger partial charge in [0.05, 0.1) is 18.1 Å². The molecule has 0 aromatic heterocycles. The van der Waals surface area contributed by atoms with Crippen molar-refractivity contribution in [1.29, 1.82) is 0 Å². The van der Waals surface area contributed by atoms with Crippen molar-refractivity contribution in [3.63, 3.8) is 0 Å². The number of carbonyl (C=O) groups excluding carboxylic acids is 2. The Morgan fingerprint density at radius 3 is 2.32 bits per heavy atom. The third-order valence-corrected chi connectivity index (χ3v) is 5.38. The molecule has 3 aromatic carbocycles. The summed E-state index contributed by atoms with van der Waals surface area (Å²) in [6, 6.07) is 19.6. The molecule has 31 heavy (non-hydrogen) atoms. The lowest BCUT2D eigenvalue weighted by Crippen LogP contribution is -2.11. The van der Waals surface area contributed by atoms with Crippen molar-refractivity contribution < 1.29 is 19.1 Å². The smallest absolute Gasteiger partial charge is 0.310 e. The molecule has 3 rings (SSSR count). The Morgan fingerprint density at radius 1 is 1.00 bits per heavy atom. The van der Waals surface area contributed by atoms with Crippen LogP contribution in [0.25, 0.3) is 0 Å². The maximum Gasteiger partial charge on any atom is 0.310 e. The highest BCUT2D eigenvalue weighted by molar-refractivity contribution is 7.98. The zero-order chi connectivity index (χ0) is 22.2. The van der Waals surface area contributed by atoms with Gasteiger partial charge in [-0.05, 0) is 79.4 Å². The number of ether oxygens (including phenoxy) is 2. The van der Waals surface area contributed by atoms with Crippen LogP contribution < -0.4 is 10.1 Å². The highest BCUT2D eigenvalue weighted by Gasteiger charge is 2.10. The summed E-state index contributed by atoms with van der Waals surface area (Å²) in [5.41, 5.74) is 1.99. The van der Waals surface area contributed by atoms with Crippen molar-refractivity contribution in [3.05, 3.63) is 82.9 Å². The quantitative estimate of drug-likeness (QED) is 0.323. The Kier molecular flexibility index (Phi) is 7.98. The number of benzene rings is 3. The van der Waals surface area contributed by atoms with Gasteiger partial charge >= 0.3 is 5.97 Å². The summed E-state index contributed by atoms with van der Waals surface area (Å²) >= 11 is 7.92. The highest BCUT2D eigenvalue weighted by Crippen LogP contribution is 2.31. The number of esters is 1. The summed E-state index contributed by atoms with van der Waals surface area (Å²) in [7, 11) is 0. The molecule has 7 heteroatoms. The van der Waals surface area contributed by atoms with Gasteiger partial charge in [0.2, 0.25) is 0 Å². The minimum atomic E-state index is -0.301. The molecule has 3 aromatic rings. The molecule has 0 radical (unpaired) electrons. The predicted molar refractivity (Wildman–Crippen MR) is 124 cm³/mol. The number of carbonyl (C=O) groups is 2. The van der Waals surface area contributed by atoms with Crippen LogP contribution in [0.1, 0.15) is 22.8 Å². The fourth-order valence-corrected chi connectivity index (χ4v) is 3.44. The van der Waals surface area contributed by atoms with Crippen LogP contribution in [0, 0.1) is 0 Å². The molecule has 0 aliphatic heterocycles. The second-order valence-corrected chi connectivity index (χ2v) is 7.84. The molecule has 0 unspecified atom stereocenters. The molecule has 160 valence electrons. The van der Waals surface area contributed by atoms with Crippen molar-refractivity contribution in [1.82, 2.24) is 0 Å². The Morgan fingerprint density at radius 2 is 1.71 bits per heavy atom. The third kappa shape index (κ3) is 6.51. The van der Waals surface area contributed by atoms with E-state index in [2.05, 4.69) is 5.32 Å². The summed E-state index contributed by atoms with van der Waals surface area (Å²) < 4.78 is 10.8. The van der Waals surface area contributed by atoms with E-state index in [0.717, 1.165) is 10.5 Å². The fraction of sp³-hybridized carbons (Fsp3) is 0.167. The zero-order valence-electron chi connectivity index (χ0n) is 17.2. The molecule has 5 nitrogen and oxygen atoms in total. The molecule has 0 saturated carbocycles. The normalized spacial score (nSPS) is 10.4. The number of anilines is 1. The van der Waals surface area contributed by atoms with E-state index in [1.165, 1.54) is 0 Å². The Balaban J connectivity index is 1.61. The van der Waals surface area contributed by atoms with E-state index < -0.39 is 0 Å². The molecule has 0 saturated heterocycles. The second-order valence-electron chi connectivity index (χ2n) is 6.56. The topological polar surface area (TPSA) is 64.6 Å². The molecule has 0 aliphatic carbocycles. The number of amides is 1. The molecule has 1 amide bonds. The van der Waals surface area contributed by atoms with E-state index in [1.807, 2.05) is 18.4 Å². The summed E-state index contributed by atoms with van der Waals surface area (Å²) in [6.07, 6.45) is 2.14. The molecule has 0 bridgehead atoms. The van der Waals surface area contributed by atoms with Crippen molar-refractivity contribution in [2.45, 2.75) is 18.2 Å². The van der Waals surface area contributed by atoms with Crippen LogP contribution >= 0.6 is 23.4 Å². The number of hydrogen-bond acceptors (Lipinski definition) is 5. The molecule has 0 aliphatic rings. The summed E-state index contributed by atoms with van der Waals surface area (Å²) in [4.78, 5) is 25.1. The lowest BCUT2D eigenvalue weighted by molar-refractivity contribution is -0.142. The van der Waals surface area contributed by atoms with E-state index >= 15 is 0 Å². The number of thioether (sulfide) groups is 1. The fourth-order valence-electron chi connectivity index (χ4n) is 2.79. The second kappa shape index (κ2) is 10.9. The van der Waals surface area contributed by atoms with Gasteiger partial charge in [0.15, 0.2) is 0 Å². The van der Waals surface area contributed by atoms with Crippen LogP contribution in [0.2, 0.25) is 5.02 Å². The molecule has 0 spiro atoms. The summed E-state index contributed by atoms with van der Waals surface area (Å²) in [5.74, 6) is 0.564. The van der Waals surface area contributed by atoms with Gasteiger partial charge < -0.3 is 14.8 Å². The van der Waals surface area contributed by atoms with Crippen molar-refractivity contribution in [2.24, 2.45) is 0 Å². The average molecular weight is 456 g/mol. The monoisotopic (exact) mass is 455 g/mol. The van der Waals surface area contributed by atoms with Crippen LogP contribution in [0.3, 0.4) is 0 Å². The van der Waals surface area contributed by atoms with Gasteiger partial charge in [-0.15, -0.1) is 11.8 Å². The van der Waals surface area contributed by atoms with E-state index in [1.54, 1.807) is 73.3 Å². The number of halogens is 1. The van der Waals surface area contributed by atoms with Gasteiger partial charge in [-0.25, -0.2) is 0 Å².